The zero-order valence-electron chi connectivity index (χ0n) is 48.1. The molecule has 0 aliphatic heterocycles. The molecule has 0 radical (unpaired) electrons. The Morgan fingerprint density at radius 3 is 0.859 bits per heavy atom. The summed E-state index contributed by atoms with van der Waals surface area (Å²) in [4.78, 5) is 0. The molecule has 0 aromatic carbocycles. The molecule has 422 valence electrons. The van der Waals surface area contributed by atoms with Gasteiger partial charge in [-0.3, -0.25) is 0 Å². The van der Waals surface area contributed by atoms with Gasteiger partial charge in [0.25, 0.3) is 0 Å². The standard InChI is InChI=1S/C60H116O11/c1-15-51(5,62)30-17-27-49(4)28-29-50(61)60(14,71)47-25-46-59(13,70)45-24-44-58(12,69)43-23-42-57(11,68)41-22-40-56(10,67)39-21-38-55(9,66)37-20-36-54(8,65)35-19-34-53(7,64)33-18-32-52(6,63)31-16-26-48(2)3/h15,26-27,50,61-71H,1,16-25,28-47H2,2-14H3/b49-27+. The molecule has 0 saturated heterocycles. The van der Waals surface area contributed by atoms with Crippen molar-refractivity contribution in [2.45, 2.75) is 345 Å². The van der Waals surface area contributed by atoms with E-state index in [-0.39, 0.29) is 0 Å². The predicted molar refractivity (Wildman–Crippen MR) is 294 cm³/mol. The number of aliphatic hydroxyl groups is 11. The third-order valence-electron chi connectivity index (χ3n) is 15.8. The van der Waals surface area contributed by atoms with Gasteiger partial charge < -0.3 is 56.2 Å². The molecule has 11 atom stereocenters. The summed E-state index contributed by atoms with van der Waals surface area (Å²) in [5, 5.41) is 120. The second kappa shape index (κ2) is 31.1. The maximum absolute atomic E-state index is 11.2. The lowest BCUT2D eigenvalue weighted by atomic mass is 9.83. The van der Waals surface area contributed by atoms with Crippen LogP contribution in [0, 0.1) is 0 Å². The van der Waals surface area contributed by atoms with Gasteiger partial charge in [-0.25, -0.2) is 0 Å². The molecule has 0 amide bonds. The van der Waals surface area contributed by atoms with Crippen LogP contribution in [-0.4, -0.2) is 118 Å². The van der Waals surface area contributed by atoms with Gasteiger partial charge in [0, 0.05) is 0 Å². The van der Waals surface area contributed by atoms with Crippen molar-refractivity contribution in [2.75, 3.05) is 0 Å². The summed E-state index contributed by atoms with van der Waals surface area (Å²) < 4.78 is 0. The van der Waals surface area contributed by atoms with Crippen LogP contribution in [0.4, 0.5) is 0 Å². The summed E-state index contributed by atoms with van der Waals surface area (Å²) in [5.41, 5.74) is -7.07. The van der Waals surface area contributed by atoms with E-state index in [1.165, 1.54) is 11.6 Å². The van der Waals surface area contributed by atoms with Crippen molar-refractivity contribution < 1.29 is 56.2 Å². The SMILES string of the molecule is C=CC(C)(O)CC/C=C(\C)CCC(O)C(C)(O)CCCC(C)(O)CCCC(C)(O)CCCC(C)(O)CCCC(C)(O)CCCC(C)(O)CCCC(C)(O)CCCC(C)(O)CCCC(C)(O)CCC=C(C)C. The smallest absolute Gasteiger partial charge is 0.0877 e. The monoisotopic (exact) mass is 1010 g/mol. The Morgan fingerprint density at radius 1 is 0.366 bits per heavy atom. The molecule has 11 heteroatoms. The molecule has 0 heterocycles. The average Bonchev–Trinajstić information content (AvgIpc) is 3.18. The van der Waals surface area contributed by atoms with Gasteiger partial charge in [0.15, 0.2) is 0 Å². The first-order valence-corrected chi connectivity index (χ1v) is 28.0. The van der Waals surface area contributed by atoms with E-state index in [0.717, 1.165) is 18.4 Å². The Hall–Kier alpha value is -1.22. The lowest BCUT2D eigenvalue weighted by Gasteiger charge is -2.32. The second-order valence-corrected chi connectivity index (χ2v) is 26.2. The number of allylic oxidation sites excluding steroid dienone is 4. The molecule has 0 spiro atoms. The third kappa shape index (κ3) is 37.2. The normalized spacial score (nSPS) is 21.6. The molecular formula is C60H116O11. The van der Waals surface area contributed by atoms with Crippen molar-refractivity contribution in [3.8, 4) is 0 Å². The third-order valence-corrected chi connectivity index (χ3v) is 15.8. The van der Waals surface area contributed by atoms with Crippen LogP contribution >= 0.6 is 0 Å². The Morgan fingerprint density at radius 2 is 0.606 bits per heavy atom. The summed E-state index contributed by atoms with van der Waals surface area (Å²) in [6.45, 7) is 27.7. The molecule has 0 bridgehead atoms. The van der Waals surface area contributed by atoms with Crippen molar-refractivity contribution in [3.63, 3.8) is 0 Å². The Labute approximate surface area is 435 Å². The van der Waals surface area contributed by atoms with Gasteiger partial charge in [0.2, 0.25) is 0 Å². The zero-order chi connectivity index (χ0) is 55.1. The summed E-state index contributed by atoms with van der Waals surface area (Å²) in [6.07, 6.45) is 22.2. The van der Waals surface area contributed by atoms with Gasteiger partial charge >= 0.3 is 0 Å². The highest BCUT2D eigenvalue weighted by molar-refractivity contribution is 5.02. The maximum Gasteiger partial charge on any atom is 0.0877 e. The van der Waals surface area contributed by atoms with Crippen LogP contribution in [0.25, 0.3) is 0 Å². The molecule has 11 nitrogen and oxygen atoms in total. The first-order valence-electron chi connectivity index (χ1n) is 28.0. The minimum atomic E-state index is -1.28. The molecule has 0 aromatic rings. The number of aliphatic hydroxyl groups excluding tert-OH is 1. The van der Waals surface area contributed by atoms with Gasteiger partial charge in [-0.1, -0.05) is 29.4 Å². The Kier molecular flexibility index (Phi) is 30.6. The molecular weight excluding hydrogens is 897 g/mol. The highest BCUT2D eigenvalue weighted by Gasteiger charge is 2.33. The molecule has 11 N–H and O–H groups in total. The molecule has 0 rings (SSSR count). The average molecular weight is 1010 g/mol. The van der Waals surface area contributed by atoms with Crippen molar-refractivity contribution in [2.24, 2.45) is 0 Å². The van der Waals surface area contributed by atoms with E-state index < -0.39 is 62.1 Å². The number of hydrogen-bond donors (Lipinski definition) is 11. The Balaban J connectivity index is 4.51. The largest absolute Gasteiger partial charge is 0.390 e. The second-order valence-electron chi connectivity index (χ2n) is 26.2. The van der Waals surface area contributed by atoms with E-state index in [0.29, 0.717) is 180 Å². The highest BCUT2D eigenvalue weighted by Crippen LogP contribution is 2.34. The fourth-order valence-corrected chi connectivity index (χ4v) is 10.1. The van der Waals surface area contributed by atoms with Gasteiger partial charge in [-0.15, -0.1) is 6.58 Å². The fraction of sp³-hybridized carbons (Fsp3) is 0.900. The first-order chi connectivity index (χ1) is 32.2. The van der Waals surface area contributed by atoms with Crippen LogP contribution in [0.15, 0.2) is 36.0 Å². The molecule has 0 saturated carbocycles. The molecule has 0 aromatic heterocycles. The first kappa shape index (κ1) is 69.8. The van der Waals surface area contributed by atoms with Crippen LogP contribution in [0.1, 0.15) is 283 Å². The summed E-state index contributed by atoms with van der Waals surface area (Å²) in [6, 6.07) is 0. The summed E-state index contributed by atoms with van der Waals surface area (Å²) >= 11 is 0. The summed E-state index contributed by atoms with van der Waals surface area (Å²) in [5.74, 6) is 0. The van der Waals surface area contributed by atoms with Gasteiger partial charge in [-0.2, -0.15) is 0 Å². The van der Waals surface area contributed by atoms with Gasteiger partial charge in [0.05, 0.1) is 62.1 Å². The van der Waals surface area contributed by atoms with Crippen molar-refractivity contribution in [3.05, 3.63) is 36.0 Å². The molecule has 0 aliphatic rings. The van der Waals surface area contributed by atoms with Crippen LogP contribution < -0.4 is 0 Å². The Bertz CT molecular complexity index is 1510. The molecule has 11 unspecified atom stereocenters. The quantitative estimate of drug-likeness (QED) is 0.0258. The van der Waals surface area contributed by atoms with E-state index in [2.05, 4.69) is 32.6 Å². The van der Waals surface area contributed by atoms with Crippen molar-refractivity contribution in [1.29, 1.82) is 0 Å². The van der Waals surface area contributed by atoms with Crippen molar-refractivity contribution >= 4 is 0 Å². The van der Waals surface area contributed by atoms with Crippen LogP contribution in [0.3, 0.4) is 0 Å². The lowest BCUT2D eigenvalue weighted by molar-refractivity contribution is -0.0746. The molecule has 0 aliphatic carbocycles. The van der Waals surface area contributed by atoms with Crippen LogP contribution in [0.2, 0.25) is 0 Å². The highest BCUT2D eigenvalue weighted by atomic mass is 16.3. The van der Waals surface area contributed by atoms with E-state index in [1.54, 1.807) is 27.7 Å². The number of hydrogen-bond acceptors (Lipinski definition) is 11. The van der Waals surface area contributed by atoms with Crippen molar-refractivity contribution in [1.82, 2.24) is 0 Å². The fourth-order valence-electron chi connectivity index (χ4n) is 10.1. The lowest BCUT2D eigenvalue weighted by Crippen LogP contribution is -2.39. The predicted octanol–water partition coefficient (Wildman–Crippen LogP) is 11.7. The minimum Gasteiger partial charge on any atom is -0.390 e. The minimum absolute atomic E-state index is 0.350. The maximum atomic E-state index is 11.2. The molecule has 0 fully saturated rings. The van der Waals surface area contributed by atoms with Crippen LogP contribution in [0.5, 0.6) is 0 Å². The van der Waals surface area contributed by atoms with Gasteiger partial charge in [-0.05, 0) is 283 Å². The van der Waals surface area contributed by atoms with E-state index in [1.807, 2.05) is 48.5 Å². The topological polar surface area (TPSA) is 223 Å². The number of rotatable bonds is 43. The van der Waals surface area contributed by atoms with Crippen LogP contribution in [-0.2, 0) is 0 Å². The van der Waals surface area contributed by atoms with E-state index in [4.69, 9.17) is 0 Å². The summed E-state index contributed by atoms with van der Waals surface area (Å²) in [7, 11) is 0. The van der Waals surface area contributed by atoms with E-state index >= 15 is 0 Å². The van der Waals surface area contributed by atoms with E-state index in [9.17, 15) is 56.2 Å². The van der Waals surface area contributed by atoms with Gasteiger partial charge in [0.1, 0.15) is 0 Å². The molecule has 71 heavy (non-hydrogen) atoms. The zero-order valence-corrected chi connectivity index (χ0v) is 48.1.